The molecule has 1 aromatic heterocycles. The lowest BCUT2D eigenvalue weighted by molar-refractivity contribution is 0.0950. The third-order valence-electron chi connectivity index (χ3n) is 3.18. The molecule has 1 amide bonds. The van der Waals surface area contributed by atoms with Crippen LogP contribution in [0, 0.1) is 0 Å². The summed E-state index contributed by atoms with van der Waals surface area (Å²) in [6.07, 6.45) is 1.43. The second-order valence-corrected chi connectivity index (χ2v) is 5.36. The fourth-order valence-corrected chi connectivity index (χ4v) is 2.27. The fourth-order valence-electron chi connectivity index (χ4n) is 2.06. The maximum Gasteiger partial charge on any atom is 0.293 e. The van der Waals surface area contributed by atoms with Crippen molar-refractivity contribution in [1.29, 1.82) is 0 Å². The first-order valence-electron chi connectivity index (χ1n) is 7.29. The monoisotopic (exact) mass is 337 g/mol. The van der Waals surface area contributed by atoms with Crippen LogP contribution in [0.5, 0.6) is 0 Å². The van der Waals surface area contributed by atoms with E-state index in [2.05, 4.69) is 16.0 Å². The van der Waals surface area contributed by atoms with Crippen molar-refractivity contribution in [3.63, 3.8) is 0 Å². The normalized spacial score (nSPS) is 10.0. The van der Waals surface area contributed by atoms with Crippen LogP contribution in [0.4, 0.5) is 17.1 Å². The van der Waals surface area contributed by atoms with Gasteiger partial charge in [-0.25, -0.2) is 0 Å². The highest BCUT2D eigenvalue weighted by atomic mass is 32.1. The number of thiocarbonyl (C=S) groups is 1. The van der Waals surface area contributed by atoms with E-state index in [0.717, 1.165) is 17.1 Å². The van der Waals surface area contributed by atoms with Crippen LogP contribution in [0.3, 0.4) is 0 Å². The van der Waals surface area contributed by atoms with Crippen LogP contribution < -0.4 is 16.0 Å². The zero-order valence-electron chi connectivity index (χ0n) is 12.7. The van der Waals surface area contributed by atoms with Crippen LogP contribution in [-0.4, -0.2) is 11.0 Å². The van der Waals surface area contributed by atoms with Crippen LogP contribution >= 0.6 is 12.2 Å². The molecule has 3 rings (SSSR count). The number of carbonyl (C=O) groups excluding carboxylic acids is 1. The average molecular weight is 337 g/mol. The Labute approximate surface area is 144 Å². The molecule has 1 heterocycles. The first-order chi connectivity index (χ1) is 11.7. The first kappa shape index (κ1) is 15.8. The molecule has 0 bridgehead atoms. The molecule has 0 aliphatic carbocycles. The summed E-state index contributed by atoms with van der Waals surface area (Å²) in [5, 5.41) is 9.01. The number of carbonyl (C=O) groups is 1. The minimum atomic E-state index is -0.389. The van der Waals surface area contributed by atoms with Gasteiger partial charge in [0.25, 0.3) is 5.91 Å². The largest absolute Gasteiger partial charge is 0.459 e. The Morgan fingerprint density at radius 1 is 0.833 bits per heavy atom. The van der Waals surface area contributed by atoms with Gasteiger partial charge >= 0.3 is 0 Å². The van der Waals surface area contributed by atoms with E-state index in [9.17, 15) is 4.79 Å². The van der Waals surface area contributed by atoms with Crippen molar-refractivity contribution in [3.8, 4) is 0 Å². The lowest BCUT2D eigenvalue weighted by Crippen LogP contribution is -2.33. The standard InChI is InChI=1S/C18H15N3O2S/c22-17(16-7-4-12-23-16)21-18(24)20-15-10-8-14(9-11-15)19-13-5-2-1-3-6-13/h1-12,19H,(H2,20,21,22,24). The molecule has 0 atom stereocenters. The van der Waals surface area contributed by atoms with Crippen LogP contribution in [0.2, 0.25) is 0 Å². The van der Waals surface area contributed by atoms with E-state index in [-0.39, 0.29) is 16.8 Å². The minimum absolute atomic E-state index is 0.208. The molecule has 3 aromatic rings. The summed E-state index contributed by atoms with van der Waals surface area (Å²) in [6.45, 7) is 0. The highest BCUT2D eigenvalue weighted by Gasteiger charge is 2.10. The number of furan rings is 1. The van der Waals surface area contributed by atoms with Crippen molar-refractivity contribution in [2.45, 2.75) is 0 Å². The molecule has 6 heteroatoms. The Bertz CT molecular complexity index is 815. The average Bonchev–Trinajstić information content (AvgIpc) is 3.12. The Hall–Kier alpha value is -3.12. The van der Waals surface area contributed by atoms with Gasteiger partial charge in [-0.2, -0.15) is 0 Å². The second-order valence-electron chi connectivity index (χ2n) is 4.95. The first-order valence-corrected chi connectivity index (χ1v) is 7.69. The molecule has 0 aliphatic rings. The number of hydrogen-bond donors (Lipinski definition) is 3. The molecule has 2 aromatic carbocycles. The van der Waals surface area contributed by atoms with Gasteiger partial charge < -0.3 is 15.1 Å². The number of para-hydroxylation sites is 1. The summed E-state index contributed by atoms with van der Waals surface area (Å²) in [5.41, 5.74) is 2.75. The molecule has 0 fully saturated rings. The van der Waals surface area contributed by atoms with Crippen molar-refractivity contribution in [3.05, 3.63) is 78.8 Å². The Morgan fingerprint density at radius 2 is 1.50 bits per heavy atom. The summed E-state index contributed by atoms with van der Waals surface area (Å²) >= 11 is 5.12. The summed E-state index contributed by atoms with van der Waals surface area (Å²) in [5.74, 6) is -0.179. The number of anilines is 3. The highest BCUT2D eigenvalue weighted by Crippen LogP contribution is 2.18. The second kappa shape index (κ2) is 7.43. The summed E-state index contributed by atoms with van der Waals surface area (Å²) in [7, 11) is 0. The predicted molar refractivity (Wildman–Crippen MR) is 98.6 cm³/mol. The number of nitrogens with one attached hydrogen (secondary N) is 3. The SMILES string of the molecule is O=C(NC(=S)Nc1ccc(Nc2ccccc2)cc1)c1ccco1. The minimum Gasteiger partial charge on any atom is -0.459 e. The molecule has 0 radical (unpaired) electrons. The van der Waals surface area contributed by atoms with Gasteiger partial charge in [-0.1, -0.05) is 18.2 Å². The number of rotatable bonds is 4. The molecule has 0 saturated heterocycles. The quantitative estimate of drug-likeness (QED) is 0.624. The van der Waals surface area contributed by atoms with E-state index in [0.29, 0.717) is 0 Å². The molecule has 0 aliphatic heterocycles. The van der Waals surface area contributed by atoms with Crippen molar-refractivity contribution in [1.82, 2.24) is 5.32 Å². The molecular weight excluding hydrogens is 322 g/mol. The van der Waals surface area contributed by atoms with Gasteiger partial charge in [-0.05, 0) is 60.7 Å². The molecule has 0 spiro atoms. The van der Waals surface area contributed by atoms with Crippen molar-refractivity contribution < 1.29 is 9.21 Å². The number of hydrogen-bond acceptors (Lipinski definition) is 4. The molecule has 120 valence electrons. The van der Waals surface area contributed by atoms with Crippen molar-refractivity contribution in [2.24, 2.45) is 0 Å². The summed E-state index contributed by atoms with van der Waals surface area (Å²) in [4.78, 5) is 11.8. The Morgan fingerprint density at radius 3 is 2.17 bits per heavy atom. The van der Waals surface area contributed by atoms with Gasteiger partial charge in [-0.15, -0.1) is 0 Å². The molecular formula is C18H15N3O2S. The van der Waals surface area contributed by atoms with Gasteiger partial charge in [0.2, 0.25) is 0 Å². The number of amides is 1. The lowest BCUT2D eigenvalue weighted by Gasteiger charge is -2.10. The van der Waals surface area contributed by atoms with Crippen LogP contribution in [0.15, 0.2) is 77.4 Å². The zero-order valence-corrected chi connectivity index (χ0v) is 13.5. The molecule has 0 unspecified atom stereocenters. The summed E-state index contributed by atoms with van der Waals surface area (Å²) in [6, 6.07) is 20.7. The van der Waals surface area contributed by atoms with Gasteiger partial charge in [0.1, 0.15) is 0 Å². The van der Waals surface area contributed by atoms with Crippen LogP contribution in [-0.2, 0) is 0 Å². The van der Waals surface area contributed by atoms with E-state index >= 15 is 0 Å². The lowest BCUT2D eigenvalue weighted by atomic mass is 10.2. The summed E-state index contributed by atoms with van der Waals surface area (Å²) < 4.78 is 5.01. The number of benzene rings is 2. The molecule has 3 N–H and O–H groups in total. The highest BCUT2D eigenvalue weighted by molar-refractivity contribution is 7.80. The van der Waals surface area contributed by atoms with Gasteiger partial charge in [0, 0.05) is 17.1 Å². The van der Waals surface area contributed by atoms with E-state index in [1.807, 2.05) is 54.6 Å². The molecule has 0 saturated carbocycles. The third-order valence-corrected chi connectivity index (χ3v) is 3.38. The fraction of sp³-hybridized carbons (Fsp3) is 0. The van der Waals surface area contributed by atoms with Gasteiger partial charge in [0.15, 0.2) is 10.9 Å². The predicted octanol–water partition coefficient (Wildman–Crippen LogP) is 4.15. The maximum absolute atomic E-state index is 11.8. The topological polar surface area (TPSA) is 66.3 Å². The smallest absolute Gasteiger partial charge is 0.293 e. The molecule has 5 nitrogen and oxygen atoms in total. The van der Waals surface area contributed by atoms with Crippen molar-refractivity contribution in [2.75, 3.05) is 10.6 Å². The zero-order chi connectivity index (χ0) is 16.8. The van der Waals surface area contributed by atoms with Crippen LogP contribution in [0.25, 0.3) is 0 Å². The van der Waals surface area contributed by atoms with Gasteiger partial charge in [-0.3, -0.25) is 10.1 Å². The van der Waals surface area contributed by atoms with E-state index in [4.69, 9.17) is 16.6 Å². The van der Waals surface area contributed by atoms with Crippen LogP contribution in [0.1, 0.15) is 10.6 Å². The Kier molecular flexibility index (Phi) is 4.88. The van der Waals surface area contributed by atoms with E-state index < -0.39 is 0 Å². The van der Waals surface area contributed by atoms with E-state index in [1.165, 1.54) is 6.26 Å². The molecule has 24 heavy (non-hydrogen) atoms. The third kappa shape index (κ3) is 4.21. The maximum atomic E-state index is 11.8. The Balaban J connectivity index is 1.56. The van der Waals surface area contributed by atoms with Gasteiger partial charge in [0.05, 0.1) is 6.26 Å². The van der Waals surface area contributed by atoms with Crippen molar-refractivity contribution >= 4 is 40.3 Å². The van der Waals surface area contributed by atoms with E-state index in [1.54, 1.807) is 12.1 Å².